The molecule has 1 N–H and O–H groups in total. The molecule has 1 saturated heterocycles. The van der Waals surface area contributed by atoms with Gasteiger partial charge in [-0.1, -0.05) is 36.3 Å². The molecule has 4 heteroatoms. The smallest absolute Gasteiger partial charge is 0.194 e. The van der Waals surface area contributed by atoms with E-state index in [0.29, 0.717) is 6.54 Å². The van der Waals surface area contributed by atoms with Crippen LogP contribution >= 0.6 is 0 Å². The second-order valence-corrected chi connectivity index (χ2v) is 4.85. The molecule has 1 aromatic rings. The van der Waals surface area contributed by atoms with Crippen LogP contribution in [0.5, 0.6) is 0 Å². The zero-order valence-electron chi connectivity index (χ0n) is 12.0. The highest BCUT2D eigenvalue weighted by Gasteiger charge is 2.19. The van der Waals surface area contributed by atoms with Gasteiger partial charge >= 0.3 is 0 Å². The highest BCUT2D eigenvalue weighted by atomic mass is 15.3. The van der Waals surface area contributed by atoms with Crippen molar-refractivity contribution in [2.24, 2.45) is 4.99 Å². The Morgan fingerprint density at radius 2 is 1.95 bits per heavy atom. The lowest BCUT2D eigenvalue weighted by Crippen LogP contribution is -2.52. The predicted octanol–water partition coefficient (Wildman–Crippen LogP) is 1.01. The van der Waals surface area contributed by atoms with Crippen molar-refractivity contribution in [3.8, 4) is 12.3 Å². The Labute approximate surface area is 121 Å². The topological polar surface area (TPSA) is 30.9 Å². The Morgan fingerprint density at radius 3 is 2.55 bits per heavy atom. The number of rotatable bonds is 3. The summed E-state index contributed by atoms with van der Waals surface area (Å²) in [6.45, 7) is 5.60. The van der Waals surface area contributed by atoms with E-state index >= 15 is 0 Å². The molecule has 1 aliphatic rings. The number of nitrogens with zero attached hydrogens (tertiary/aromatic N) is 3. The van der Waals surface area contributed by atoms with Crippen LogP contribution in [0.3, 0.4) is 0 Å². The summed E-state index contributed by atoms with van der Waals surface area (Å²) < 4.78 is 0. The SMILES string of the molecule is C#CCNC(=NC)N1CCN(Cc2ccccc2)CC1. The van der Waals surface area contributed by atoms with Gasteiger partial charge in [0.15, 0.2) is 5.96 Å². The Bertz CT molecular complexity index is 467. The minimum absolute atomic E-state index is 0.525. The number of hydrogen-bond acceptors (Lipinski definition) is 2. The number of aliphatic imine (C=N–C) groups is 1. The van der Waals surface area contributed by atoms with Crippen LogP contribution in [0.4, 0.5) is 0 Å². The zero-order chi connectivity index (χ0) is 14.2. The highest BCUT2D eigenvalue weighted by Crippen LogP contribution is 2.08. The minimum atomic E-state index is 0.525. The van der Waals surface area contributed by atoms with Crippen LogP contribution in [0, 0.1) is 12.3 Å². The van der Waals surface area contributed by atoms with Crippen LogP contribution < -0.4 is 5.32 Å². The third-order valence-electron chi connectivity index (χ3n) is 3.48. The van der Waals surface area contributed by atoms with Crippen molar-refractivity contribution in [1.29, 1.82) is 0 Å². The van der Waals surface area contributed by atoms with Crippen molar-refractivity contribution in [2.45, 2.75) is 6.54 Å². The highest BCUT2D eigenvalue weighted by molar-refractivity contribution is 5.80. The first kappa shape index (κ1) is 14.4. The molecule has 1 aliphatic heterocycles. The summed E-state index contributed by atoms with van der Waals surface area (Å²) in [5.41, 5.74) is 1.37. The molecule has 1 heterocycles. The Morgan fingerprint density at radius 1 is 1.25 bits per heavy atom. The molecule has 0 aromatic heterocycles. The quantitative estimate of drug-likeness (QED) is 0.505. The van der Waals surface area contributed by atoms with Crippen molar-refractivity contribution in [1.82, 2.24) is 15.1 Å². The fourth-order valence-corrected chi connectivity index (χ4v) is 2.42. The average molecular weight is 270 g/mol. The third-order valence-corrected chi connectivity index (χ3v) is 3.48. The first-order chi connectivity index (χ1) is 9.83. The van der Waals surface area contributed by atoms with Crippen LogP contribution in [0.15, 0.2) is 35.3 Å². The first-order valence-corrected chi connectivity index (χ1v) is 6.99. The predicted molar refractivity (Wildman–Crippen MR) is 83.5 cm³/mol. The zero-order valence-corrected chi connectivity index (χ0v) is 12.0. The van der Waals surface area contributed by atoms with Gasteiger partial charge in [0.25, 0.3) is 0 Å². The molecule has 0 aliphatic carbocycles. The molecule has 0 saturated carbocycles. The van der Waals surface area contributed by atoms with Crippen molar-refractivity contribution >= 4 is 5.96 Å². The first-order valence-electron chi connectivity index (χ1n) is 6.99. The lowest BCUT2D eigenvalue weighted by atomic mass is 10.2. The maximum Gasteiger partial charge on any atom is 0.194 e. The summed E-state index contributed by atoms with van der Waals surface area (Å²) in [5, 5.41) is 3.17. The maximum atomic E-state index is 5.27. The van der Waals surface area contributed by atoms with Crippen LogP contribution in [-0.4, -0.2) is 55.5 Å². The molecule has 0 radical (unpaired) electrons. The Kier molecular flexibility index (Phi) is 5.45. The van der Waals surface area contributed by atoms with Crippen molar-refractivity contribution < 1.29 is 0 Å². The second kappa shape index (κ2) is 7.56. The van der Waals surface area contributed by atoms with E-state index in [1.54, 1.807) is 7.05 Å². The number of guanidine groups is 1. The van der Waals surface area contributed by atoms with Gasteiger partial charge in [0.2, 0.25) is 0 Å². The van der Waals surface area contributed by atoms with Crippen molar-refractivity contribution in [2.75, 3.05) is 39.8 Å². The standard InChI is InChI=1S/C16H22N4/c1-3-9-18-16(17-2)20-12-10-19(11-13-20)14-15-7-5-4-6-8-15/h1,4-8H,9-14H2,2H3,(H,17,18). The Balaban J connectivity index is 1.82. The molecule has 1 aromatic carbocycles. The molecule has 4 nitrogen and oxygen atoms in total. The summed E-state index contributed by atoms with van der Waals surface area (Å²) in [7, 11) is 1.80. The van der Waals surface area contributed by atoms with Crippen LogP contribution in [0.25, 0.3) is 0 Å². The number of piperazine rings is 1. The molecule has 1 fully saturated rings. The number of nitrogens with one attached hydrogen (secondary N) is 1. The third kappa shape index (κ3) is 4.01. The van der Waals surface area contributed by atoms with E-state index in [1.807, 2.05) is 0 Å². The molecule has 0 bridgehead atoms. The van der Waals surface area contributed by atoms with Crippen LogP contribution in [0.1, 0.15) is 5.56 Å². The number of benzene rings is 1. The van der Waals surface area contributed by atoms with Crippen LogP contribution in [0.2, 0.25) is 0 Å². The molecular weight excluding hydrogens is 248 g/mol. The van der Waals surface area contributed by atoms with Gasteiger partial charge in [-0.15, -0.1) is 6.42 Å². The lowest BCUT2D eigenvalue weighted by molar-refractivity contribution is 0.173. The maximum absolute atomic E-state index is 5.27. The Hall–Kier alpha value is -1.99. The molecule has 0 atom stereocenters. The van der Waals surface area contributed by atoms with Gasteiger partial charge in [-0.3, -0.25) is 9.89 Å². The summed E-state index contributed by atoms with van der Waals surface area (Å²) >= 11 is 0. The second-order valence-electron chi connectivity index (χ2n) is 4.85. The van der Waals surface area contributed by atoms with Gasteiger partial charge in [-0.2, -0.15) is 0 Å². The van der Waals surface area contributed by atoms with Crippen LogP contribution in [-0.2, 0) is 6.54 Å². The average Bonchev–Trinajstić information content (AvgIpc) is 2.50. The van der Waals surface area contributed by atoms with E-state index in [9.17, 15) is 0 Å². The summed E-state index contributed by atoms with van der Waals surface area (Å²) in [5.74, 6) is 3.49. The van der Waals surface area contributed by atoms with E-state index < -0.39 is 0 Å². The van der Waals surface area contributed by atoms with Gasteiger partial charge in [0.1, 0.15) is 0 Å². The summed E-state index contributed by atoms with van der Waals surface area (Å²) in [4.78, 5) is 9.01. The van der Waals surface area contributed by atoms with Gasteiger partial charge in [0.05, 0.1) is 6.54 Å². The van der Waals surface area contributed by atoms with Gasteiger partial charge < -0.3 is 10.2 Å². The van der Waals surface area contributed by atoms with Crippen molar-refractivity contribution in [3.05, 3.63) is 35.9 Å². The fourth-order valence-electron chi connectivity index (χ4n) is 2.42. The molecule has 0 amide bonds. The summed E-state index contributed by atoms with van der Waals surface area (Å²) in [6, 6.07) is 10.6. The molecule has 20 heavy (non-hydrogen) atoms. The molecular formula is C16H22N4. The molecule has 0 spiro atoms. The number of hydrogen-bond donors (Lipinski definition) is 1. The molecule has 106 valence electrons. The van der Waals surface area contributed by atoms with Gasteiger partial charge in [0, 0.05) is 39.8 Å². The van der Waals surface area contributed by atoms with Crippen molar-refractivity contribution in [3.63, 3.8) is 0 Å². The molecule has 0 unspecified atom stereocenters. The summed E-state index contributed by atoms with van der Waals surface area (Å²) in [6.07, 6.45) is 5.27. The van der Waals surface area contributed by atoms with E-state index in [1.165, 1.54) is 5.56 Å². The van der Waals surface area contributed by atoms with E-state index in [2.05, 4.69) is 56.4 Å². The lowest BCUT2D eigenvalue weighted by Gasteiger charge is -2.36. The van der Waals surface area contributed by atoms with E-state index in [0.717, 1.165) is 38.7 Å². The number of terminal acetylenes is 1. The van der Waals surface area contributed by atoms with E-state index in [-0.39, 0.29) is 0 Å². The monoisotopic (exact) mass is 270 g/mol. The van der Waals surface area contributed by atoms with E-state index in [4.69, 9.17) is 6.42 Å². The minimum Gasteiger partial charge on any atom is -0.345 e. The van der Waals surface area contributed by atoms with Gasteiger partial charge in [-0.05, 0) is 5.56 Å². The van der Waals surface area contributed by atoms with Gasteiger partial charge in [-0.25, -0.2) is 0 Å². The fraction of sp³-hybridized carbons (Fsp3) is 0.438. The normalized spacial score (nSPS) is 16.8. The molecule has 2 rings (SSSR count). The largest absolute Gasteiger partial charge is 0.345 e.